The smallest absolute Gasteiger partial charge is 0.325 e. The lowest BCUT2D eigenvalue weighted by Crippen LogP contribution is -2.19. The molecule has 0 fully saturated rings. The summed E-state index contributed by atoms with van der Waals surface area (Å²) in [5, 5.41) is 37.1. The molecule has 3 rings (SSSR count). The van der Waals surface area contributed by atoms with Crippen LogP contribution in [-0.2, 0) is 11.2 Å². The fraction of sp³-hybridized carbons (Fsp3) is 0.0556. The van der Waals surface area contributed by atoms with Gasteiger partial charge in [-0.15, -0.1) is 10.2 Å². The van der Waals surface area contributed by atoms with E-state index in [0.717, 1.165) is 11.3 Å². The number of anilines is 2. The highest BCUT2D eigenvalue weighted by atomic mass is 32.1. The minimum absolute atomic E-state index is 0.0346. The van der Waals surface area contributed by atoms with Gasteiger partial charge in [-0.25, -0.2) is 10.2 Å². The molecule has 0 radical (unpaired) electrons. The number of amides is 3. The largest absolute Gasteiger partial charge is 0.507 e. The van der Waals surface area contributed by atoms with Crippen LogP contribution in [0.2, 0.25) is 0 Å². The quantitative estimate of drug-likeness (QED) is 0.248. The second-order valence-electron chi connectivity index (χ2n) is 5.91. The van der Waals surface area contributed by atoms with Crippen molar-refractivity contribution in [3.63, 3.8) is 0 Å². The number of aromatic hydroxyl groups is 1. The number of nitrogens with one attached hydrogen (secondary N) is 3. The summed E-state index contributed by atoms with van der Waals surface area (Å²) in [6, 6.07) is 11.2. The van der Waals surface area contributed by atoms with Crippen molar-refractivity contribution < 1.29 is 19.6 Å². The molecule has 0 aliphatic carbocycles. The van der Waals surface area contributed by atoms with E-state index in [-0.39, 0.29) is 23.0 Å². The average molecular weight is 441 g/mol. The second kappa shape index (κ2) is 9.89. The van der Waals surface area contributed by atoms with Gasteiger partial charge < -0.3 is 10.4 Å². The van der Waals surface area contributed by atoms with Gasteiger partial charge in [0, 0.05) is 23.4 Å². The lowest BCUT2D eigenvalue weighted by Gasteiger charge is -2.04. The Labute approximate surface area is 178 Å². The maximum Gasteiger partial charge on any atom is 0.325 e. The van der Waals surface area contributed by atoms with E-state index in [1.165, 1.54) is 36.5 Å². The number of non-ortho nitro benzene ring substituents is 1. The zero-order chi connectivity index (χ0) is 22.2. The molecule has 3 aromatic rings. The summed E-state index contributed by atoms with van der Waals surface area (Å²) in [6.07, 6.45) is 1.20. The van der Waals surface area contributed by atoms with Crippen molar-refractivity contribution in [2.45, 2.75) is 6.42 Å². The number of hydrogen-bond acceptors (Lipinski definition) is 9. The van der Waals surface area contributed by atoms with Crippen LogP contribution in [0.15, 0.2) is 53.6 Å². The summed E-state index contributed by atoms with van der Waals surface area (Å²) in [5.41, 5.74) is 3.02. The van der Waals surface area contributed by atoms with Gasteiger partial charge in [0.05, 0.1) is 17.6 Å². The number of nitrogens with zero attached hydrogens (tertiary/aromatic N) is 4. The molecule has 4 N–H and O–H groups in total. The lowest BCUT2D eigenvalue weighted by molar-refractivity contribution is -0.384. The number of aromatic nitrogens is 2. The number of urea groups is 1. The Balaban J connectivity index is 1.48. The van der Waals surface area contributed by atoms with Gasteiger partial charge >= 0.3 is 6.03 Å². The Morgan fingerprint density at radius 1 is 1.13 bits per heavy atom. The molecule has 0 saturated carbocycles. The minimum Gasteiger partial charge on any atom is -0.507 e. The third-order valence-corrected chi connectivity index (χ3v) is 4.50. The Bertz CT molecular complexity index is 1130. The summed E-state index contributed by atoms with van der Waals surface area (Å²) >= 11 is 1.00. The zero-order valence-electron chi connectivity index (χ0n) is 15.7. The van der Waals surface area contributed by atoms with Gasteiger partial charge in [-0.1, -0.05) is 23.5 Å². The predicted molar refractivity (Wildman–Crippen MR) is 113 cm³/mol. The van der Waals surface area contributed by atoms with Crippen LogP contribution in [0.1, 0.15) is 10.6 Å². The molecule has 12 nitrogen and oxygen atoms in total. The van der Waals surface area contributed by atoms with Crippen molar-refractivity contribution in [2.75, 3.05) is 10.6 Å². The summed E-state index contributed by atoms with van der Waals surface area (Å²) in [4.78, 5) is 34.0. The fourth-order valence-corrected chi connectivity index (χ4v) is 2.98. The van der Waals surface area contributed by atoms with Gasteiger partial charge in [0.2, 0.25) is 11.0 Å². The SMILES string of the molecule is O=C(Cc1nnc(NC(=O)Nc2ccc([N+](=O)[O-])cc2)s1)N/N=C\c1ccccc1O. The van der Waals surface area contributed by atoms with Crippen LogP contribution in [0.3, 0.4) is 0 Å². The van der Waals surface area contributed by atoms with Crippen LogP contribution in [0.4, 0.5) is 21.3 Å². The normalized spacial score (nSPS) is 10.6. The number of nitro groups is 1. The van der Waals surface area contributed by atoms with E-state index in [1.54, 1.807) is 18.2 Å². The molecule has 0 unspecified atom stereocenters. The van der Waals surface area contributed by atoms with E-state index in [1.807, 2.05) is 0 Å². The Morgan fingerprint density at radius 2 is 1.87 bits per heavy atom. The van der Waals surface area contributed by atoms with Crippen molar-refractivity contribution >= 4 is 46.0 Å². The molecule has 1 heterocycles. The molecule has 3 amide bonds. The van der Waals surface area contributed by atoms with E-state index in [2.05, 4.69) is 31.4 Å². The predicted octanol–water partition coefficient (Wildman–Crippen LogP) is 2.49. The fourth-order valence-electron chi connectivity index (χ4n) is 2.25. The molecule has 0 atom stereocenters. The molecule has 2 aromatic carbocycles. The summed E-state index contributed by atoms with van der Waals surface area (Å²) in [6.45, 7) is 0. The van der Waals surface area contributed by atoms with E-state index in [9.17, 15) is 24.8 Å². The van der Waals surface area contributed by atoms with Crippen molar-refractivity contribution in [3.8, 4) is 5.75 Å². The molecule has 0 spiro atoms. The number of hydrazone groups is 1. The highest BCUT2D eigenvalue weighted by Gasteiger charge is 2.12. The van der Waals surface area contributed by atoms with Crippen LogP contribution in [-0.4, -0.2) is 38.4 Å². The first-order chi connectivity index (χ1) is 14.9. The Kier molecular flexibility index (Phi) is 6.80. The van der Waals surface area contributed by atoms with Gasteiger partial charge in [0.15, 0.2) is 0 Å². The van der Waals surface area contributed by atoms with Crippen LogP contribution >= 0.6 is 11.3 Å². The number of rotatable bonds is 7. The molecule has 0 aliphatic heterocycles. The molecule has 0 aliphatic rings. The maximum absolute atomic E-state index is 12.0. The topological polar surface area (TPSA) is 172 Å². The second-order valence-corrected chi connectivity index (χ2v) is 6.97. The zero-order valence-corrected chi connectivity index (χ0v) is 16.5. The molecule has 0 saturated heterocycles. The Morgan fingerprint density at radius 3 is 2.58 bits per heavy atom. The van der Waals surface area contributed by atoms with Gasteiger partial charge in [0.1, 0.15) is 10.8 Å². The third kappa shape index (κ3) is 6.30. The standard InChI is InChI=1S/C18H15N7O5S/c26-14-4-2-1-3-11(14)10-19-22-15(27)9-16-23-24-18(31-16)21-17(28)20-12-5-7-13(8-6-12)25(29)30/h1-8,10,26H,9H2,(H,22,27)(H2,20,21,24,28)/b19-10-. The highest BCUT2D eigenvalue weighted by Crippen LogP contribution is 2.18. The molecule has 1 aromatic heterocycles. The maximum atomic E-state index is 12.0. The number of benzene rings is 2. The first kappa shape index (κ1) is 21.3. The van der Waals surface area contributed by atoms with Crippen LogP contribution in [0.5, 0.6) is 5.75 Å². The lowest BCUT2D eigenvalue weighted by atomic mass is 10.2. The minimum atomic E-state index is -0.617. The van der Waals surface area contributed by atoms with Crippen LogP contribution in [0, 0.1) is 10.1 Å². The number of nitro benzene ring substituents is 1. The van der Waals surface area contributed by atoms with E-state index in [4.69, 9.17) is 0 Å². The van der Waals surface area contributed by atoms with Gasteiger partial charge in [-0.05, 0) is 24.3 Å². The summed E-state index contributed by atoms with van der Waals surface area (Å²) in [5.74, 6) is -0.419. The summed E-state index contributed by atoms with van der Waals surface area (Å²) in [7, 11) is 0. The number of phenolic OH excluding ortho intramolecular Hbond substituents is 1. The first-order valence-electron chi connectivity index (χ1n) is 8.65. The van der Waals surface area contributed by atoms with E-state index < -0.39 is 16.9 Å². The molecular formula is C18H15N7O5S. The molecular weight excluding hydrogens is 426 g/mol. The number of carbonyl (C=O) groups excluding carboxylic acids is 2. The number of para-hydroxylation sites is 1. The van der Waals surface area contributed by atoms with Gasteiger partial charge in [0.25, 0.3) is 5.69 Å². The molecule has 13 heteroatoms. The van der Waals surface area contributed by atoms with Crippen molar-refractivity contribution in [2.24, 2.45) is 5.10 Å². The Hall–Kier alpha value is -4.39. The average Bonchev–Trinajstić information content (AvgIpc) is 3.16. The number of phenols is 1. The third-order valence-electron chi connectivity index (χ3n) is 3.66. The highest BCUT2D eigenvalue weighted by molar-refractivity contribution is 7.15. The van der Waals surface area contributed by atoms with E-state index in [0.29, 0.717) is 16.3 Å². The van der Waals surface area contributed by atoms with Crippen molar-refractivity contribution in [1.82, 2.24) is 15.6 Å². The van der Waals surface area contributed by atoms with Crippen molar-refractivity contribution in [1.29, 1.82) is 0 Å². The number of carbonyl (C=O) groups is 2. The monoisotopic (exact) mass is 441 g/mol. The van der Waals surface area contributed by atoms with Gasteiger partial charge in [-0.2, -0.15) is 5.10 Å². The molecule has 0 bridgehead atoms. The van der Waals surface area contributed by atoms with Crippen LogP contribution < -0.4 is 16.1 Å². The molecule has 158 valence electrons. The first-order valence-corrected chi connectivity index (χ1v) is 9.47. The molecule has 31 heavy (non-hydrogen) atoms. The van der Waals surface area contributed by atoms with Crippen molar-refractivity contribution in [3.05, 3.63) is 69.2 Å². The van der Waals surface area contributed by atoms with Crippen LogP contribution in [0.25, 0.3) is 0 Å². The van der Waals surface area contributed by atoms with E-state index >= 15 is 0 Å². The number of hydrogen-bond donors (Lipinski definition) is 4. The summed E-state index contributed by atoms with van der Waals surface area (Å²) < 4.78 is 0. The van der Waals surface area contributed by atoms with Gasteiger partial charge in [-0.3, -0.25) is 20.2 Å².